The van der Waals surface area contributed by atoms with Gasteiger partial charge in [-0.15, -0.1) is 0 Å². The largest absolute Gasteiger partial charge is 0.324 e. The molecule has 0 spiro atoms. The van der Waals surface area contributed by atoms with Crippen LogP contribution in [0.2, 0.25) is 0 Å². The Kier molecular flexibility index (Phi) is 7.02. The van der Waals surface area contributed by atoms with Crippen LogP contribution in [-0.4, -0.2) is 62.1 Å². The number of fused-ring (bicyclic) bond motifs is 1. The molecule has 1 saturated heterocycles. The third-order valence-corrected chi connectivity index (χ3v) is 9.40. The molecule has 0 atom stereocenters. The molecule has 3 aromatic heterocycles. The van der Waals surface area contributed by atoms with Gasteiger partial charge in [0.1, 0.15) is 11.6 Å². The van der Waals surface area contributed by atoms with Crippen molar-refractivity contribution >= 4 is 44.5 Å². The van der Waals surface area contributed by atoms with Gasteiger partial charge in [-0.2, -0.15) is 9.97 Å². The summed E-state index contributed by atoms with van der Waals surface area (Å²) in [7, 11) is -1.60. The minimum atomic E-state index is -3.69. The first-order valence-electron chi connectivity index (χ1n) is 12.9. The average molecular weight is 553 g/mol. The van der Waals surface area contributed by atoms with Crippen LogP contribution in [0.1, 0.15) is 50.7 Å². The highest BCUT2D eigenvalue weighted by Crippen LogP contribution is 2.31. The van der Waals surface area contributed by atoms with Gasteiger partial charge in [-0.25, -0.2) is 26.7 Å². The molecule has 39 heavy (non-hydrogen) atoms. The van der Waals surface area contributed by atoms with Crippen LogP contribution in [0.5, 0.6) is 0 Å². The van der Waals surface area contributed by atoms with Gasteiger partial charge in [0.15, 0.2) is 5.65 Å². The molecule has 0 aliphatic carbocycles. The topological polar surface area (TPSA) is 118 Å². The lowest BCUT2D eigenvalue weighted by Crippen LogP contribution is -2.33. The number of nitrogens with zero attached hydrogens (tertiary/aromatic N) is 6. The Morgan fingerprint density at radius 1 is 1.00 bits per heavy atom. The second-order valence-electron chi connectivity index (χ2n) is 11.0. The van der Waals surface area contributed by atoms with Crippen LogP contribution in [0.3, 0.4) is 0 Å². The summed E-state index contributed by atoms with van der Waals surface area (Å²) in [6.45, 7) is 8.68. The van der Waals surface area contributed by atoms with Crippen LogP contribution in [0.25, 0.3) is 11.0 Å². The second-order valence-corrected chi connectivity index (χ2v) is 13.6. The highest BCUT2D eigenvalue weighted by atomic mass is 32.2. The third-order valence-electron chi connectivity index (χ3n) is 7.04. The van der Waals surface area contributed by atoms with Crippen LogP contribution in [0, 0.1) is 12.7 Å². The standard InChI is InChI=1S/C27H33FN8O2S/c1-17-15-29-25(31-20-6-7-21(22(28)14-20)18-8-11-35(5)12-9-18)32-23(17)33-26-30-16-19-10-13-36(24(19)34-26)39(37,38)27(2,3)4/h6-7,10,13-16,18H,8-9,11-12H2,1-5H3,(H2,29,30,31,32,33,34). The summed E-state index contributed by atoms with van der Waals surface area (Å²) in [6.07, 6.45) is 6.56. The predicted octanol–water partition coefficient (Wildman–Crippen LogP) is 4.94. The molecule has 1 fully saturated rings. The van der Waals surface area contributed by atoms with Crippen molar-refractivity contribution in [3.8, 4) is 0 Å². The lowest BCUT2D eigenvalue weighted by Gasteiger charge is -2.29. The fourth-order valence-corrected chi connectivity index (χ4v) is 5.75. The minimum absolute atomic E-state index is 0.188. The third kappa shape index (κ3) is 5.44. The molecule has 0 saturated carbocycles. The van der Waals surface area contributed by atoms with Gasteiger partial charge in [0.2, 0.25) is 21.9 Å². The van der Waals surface area contributed by atoms with Crippen LogP contribution in [0.15, 0.2) is 42.9 Å². The summed E-state index contributed by atoms with van der Waals surface area (Å²) in [4.78, 5) is 19.9. The van der Waals surface area contributed by atoms with Crippen molar-refractivity contribution in [2.24, 2.45) is 0 Å². The summed E-state index contributed by atoms with van der Waals surface area (Å²) in [5.74, 6) is 0.877. The van der Waals surface area contributed by atoms with E-state index in [2.05, 4.69) is 42.5 Å². The average Bonchev–Trinajstić information content (AvgIpc) is 3.30. The molecule has 10 nitrogen and oxygen atoms in total. The van der Waals surface area contributed by atoms with Crippen molar-refractivity contribution in [3.05, 3.63) is 59.8 Å². The maximum atomic E-state index is 15.0. The number of aryl methyl sites for hydroxylation is 1. The quantitative estimate of drug-likeness (QED) is 0.343. The second kappa shape index (κ2) is 10.2. The van der Waals surface area contributed by atoms with E-state index in [0.29, 0.717) is 16.9 Å². The van der Waals surface area contributed by atoms with Gasteiger partial charge < -0.3 is 15.5 Å². The zero-order valence-electron chi connectivity index (χ0n) is 22.7. The van der Waals surface area contributed by atoms with Gasteiger partial charge in [0, 0.05) is 35.2 Å². The number of hydrogen-bond donors (Lipinski definition) is 2. The molecule has 0 unspecified atom stereocenters. The summed E-state index contributed by atoms with van der Waals surface area (Å²) in [5, 5.41) is 6.74. The molecule has 1 aliphatic heterocycles. The Bertz CT molecular complexity index is 1620. The van der Waals surface area contributed by atoms with E-state index in [-0.39, 0.29) is 29.3 Å². The van der Waals surface area contributed by atoms with Gasteiger partial charge in [-0.1, -0.05) is 6.07 Å². The van der Waals surface area contributed by atoms with E-state index >= 15 is 0 Å². The van der Waals surface area contributed by atoms with E-state index in [4.69, 9.17) is 0 Å². The molecular formula is C27H33FN8O2S. The van der Waals surface area contributed by atoms with E-state index < -0.39 is 14.8 Å². The fourth-order valence-electron chi connectivity index (χ4n) is 4.56. The molecule has 0 amide bonds. The summed E-state index contributed by atoms with van der Waals surface area (Å²) >= 11 is 0. The number of benzene rings is 1. The van der Waals surface area contributed by atoms with Crippen molar-refractivity contribution in [2.45, 2.75) is 51.2 Å². The molecule has 2 N–H and O–H groups in total. The number of piperidine rings is 1. The maximum Gasteiger partial charge on any atom is 0.245 e. The number of halogens is 1. The summed E-state index contributed by atoms with van der Waals surface area (Å²) in [5.41, 5.74) is 2.28. The molecule has 1 aromatic carbocycles. The first-order valence-corrected chi connectivity index (χ1v) is 14.3. The molecule has 5 rings (SSSR count). The zero-order chi connectivity index (χ0) is 27.9. The number of anilines is 4. The van der Waals surface area contributed by atoms with Crippen molar-refractivity contribution in [1.29, 1.82) is 0 Å². The normalized spacial score (nSPS) is 15.5. The van der Waals surface area contributed by atoms with E-state index in [1.165, 1.54) is 16.2 Å². The van der Waals surface area contributed by atoms with Gasteiger partial charge in [-0.05, 0) is 90.4 Å². The molecule has 4 heterocycles. The molecular weight excluding hydrogens is 519 g/mol. The van der Waals surface area contributed by atoms with E-state index in [1.807, 2.05) is 19.1 Å². The smallest absolute Gasteiger partial charge is 0.245 e. The molecule has 0 radical (unpaired) electrons. The SMILES string of the molecule is Cc1cnc(Nc2ccc(C3CCN(C)CC3)c(F)c2)nc1Nc1ncc2ccn(S(=O)(=O)C(C)(C)C)c2n1. The van der Waals surface area contributed by atoms with Gasteiger partial charge in [-0.3, -0.25) is 0 Å². The summed E-state index contributed by atoms with van der Waals surface area (Å²) in [6, 6.07) is 6.82. The fraction of sp³-hybridized carbons (Fsp3) is 0.407. The van der Waals surface area contributed by atoms with Crippen molar-refractivity contribution in [1.82, 2.24) is 28.8 Å². The van der Waals surface area contributed by atoms with Crippen molar-refractivity contribution < 1.29 is 12.8 Å². The number of rotatable bonds is 6. The Morgan fingerprint density at radius 2 is 1.69 bits per heavy atom. The number of hydrogen-bond acceptors (Lipinski definition) is 9. The molecule has 0 bridgehead atoms. The Hall–Kier alpha value is -3.64. The van der Waals surface area contributed by atoms with E-state index in [1.54, 1.807) is 39.2 Å². The van der Waals surface area contributed by atoms with Crippen LogP contribution >= 0.6 is 0 Å². The number of aromatic nitrogens is 5. The van der Waals surface area contributed by atoms with Crippen LogP contribution < -0.4 is 10.6 Å². The van der Waals surface area contributed by atoms with Crippen molar-refractivity contribution in [3.63, 3.8) is 0 Å². The van der Waals surface area contributed by atoms with Crippen LogP contribution in [-0.2, 0) is 10.0 Å². The Morgan fingerprint density at radius 3 is 2.38 bits per heavy atom. The lowest BCUT2D eigenvalue weighted by atomic mass is 9.89. The lowest BCUT2D eigenvalue weighted by molar-refractivity contribution is 0.253. The first-order chi connectivity index (χ1) is 18.4. The molecule has 12 heteroatoms. The predicted molar refractivity (Wildman–Crippen MR) is 151 cm³/mol. The molecule has 206 valence electrons. The van der Waals surface area contributed by atoms with Gasteiger partial charge >= 0.3 is 0 Å². The van der Waals surface area contributed by atoms with Gasteiger partial charge in [0.25, 0.3) is 0 Å². The minimum Gasteiger partial charge on any atom is -0.324 e. The number of nitrogens with one attached hydrogen (secondary N) is 2. The van der Waals surface area contributed by atoms with Crippen LogP contribution in [0.4, 0.5) is 27.8 Å². The Labute approximate surface area is 227 Å². The zero-order valence-corrected chi connectivity index (χ0v) is 23.5. The van der Waals surface area contributed by atoms with Crippen molar-refractivity contribution in [2.75, 3.05) is 30.8 Å². The highest BCUT2D eigenvalue weighted by Gasteiger charge is 2.32. The Balaban J connectivity index is 1.37. The van der Waals surface area contributed by atoms with E-state index in [9.17, 15) is 12.8 Å². The molecule has 4 aromatic rings. The maximum absolute atomic E-state index is 15.0. The van der Waals surface area contributed by atoms with E-state index in [0.717, 1.165) is 37.1 Å². The monoisotopic (exact) mass is 552 g/mol. The summed E-state index contributed by atoms with van der Waals surface area (Å²) < 4.78 is 41.2. The van der Waals surface area contributed by atoms with Gasteiger partial charge in [0.05, 0.1) is 4.75 Å². The molecule has 1 aliphatic rings. The first kappa shape index (κ1) is 26.9. The number of likely N-dealkylation sites (tertiary alicyclic amines) is 1. The highest BCUT2D eigenvalue weighted by molar-refractivity contribution is 7.91.